The highest BCUT2D eigenvalue weighted by Gasteiger charge is 2.22. The number of piperidine rings is 1. The second-order valence-corrected chi connectivity index (χ2v) is 6.47. The predicted octanol–water partition coefficient (Wildman–Crippen LogP) is 2.70. The third-order valence-electron chi connectivity index (χ3n) is 4.70. The molecule has 0 atom stereocenters. The molecule has 3 rings (SSSR count). The van der Waals surface area contributed by atoms with Crippen LogP contribution in [-0.4, -0.2) is 44.5 Å². The molecule has 1 N–H and O–H groups in total. The first-order valence-electron chi connectivity index (χ1n) is 7.98. The van der Waals surface area contributed by atoms with Crippen molar-refractivity contribution < 1.29 is 9.90 Å². The van der Waals surface area contributed by atoms with Gasteiger partial charge in [-0.05, 0) is 57.8 Å². The van der Waals surface area contributed by atoms with Crippen molar-refractivity contribution in [3.05, 3.63) is 35.9 Å². The summed E-state index contributed by atoms with van der Waals surface area (Å²) >= 11 is 0. The Balaban J connectivity index is 1.74. The maximum absolute atomic E-state index is 11.1. The molecule has 0 bridgehead atoms. The van der Waals surface area contributed by atoms with Gasteiger partial charge in [0.2, 0.25) is 0 Å². The van der Waals surface area contributed by atoms with Crippen molar-refractivity contribution in [3.8, 4) is 0 Å². The first kappa shape index (κ1) is 15.0. The van der Waals surface area contributed by atoms with Gasteiger partial charge in [0.15, 0.2) is 0 Å². The van der Waals surface area contributed by atoms with Gasteiger partial charge in [-0.25, -0.2) is 9.78 Å². The third-order valence-corrected chi connectivity index (χ3v) is 4.70. The van der Waals surface area contributed by atoms with Gasteiger partial charge in [-0.1, -0.05) is 0 Å². The molecule has 0 spiro atoms. The fourth-order valence-corrected chi connectivity index (χ4v) is 3.25. The van der Waals surface area contributed by atoms with Crippen molar-refractivity contribution >= 4 is 11.5 Å². The Hall–Kier alpha value is -1.88. The molecule has 1 aliphatic heterocycles. The highest BCUT2D eigenvalue weighted by atomic mass is 16.4. The van der Waals surface area contributed by atoms with E-state index in [-0.39, 0.29) is 0 Å². The highest BCUT2D eigenvalue weighted by molar-refractivity contribution is 5.87. The summed E-state index contributed by atoms with van der Waals surface area (Å²) in [7, 11) is 0. The van der Waals surface area contributed by atoms with Gasteiger partial charge < -0.3 is 14.4 Å². The van der Waals surface area contributed by atoms with Crippen LogP contribution in [0, 0.1) is 5.92 Å². The lowest BCUT2D eigenvalue weighted by molar-refractivity contribution is 0.0696. The number of rotatable bonds is 4. The Morgan fingerprint density at radius 2 is 2.09 bits per heavy atom. The number of carbonyl (C=O) groups is 1. The van der Waals surface area contributed by atoms with Crippen LogP contribution in [-0.2, 0) is 6.42 Å². The van der Waals surface area contributed by atoms with E-state index < -0.39 is 5.97 Å². The van der Waals surface area contributed by atoms with E-state index in [1.54, 1.807) is 12.3 Å². The Kier molecular flexibility index (Phi) is 4.16. The average molecular weight is 301 g/mol. The van der Waals surface area contributed by atoms with E-state index in [1.165, 1.54) is 12.8 Å². The van der Waals surface area contributed by atoms with Crippen molar-refractivity contribution in [2.45, 2.75) is 39.2 Å². The number of hydrogen-bond donors (Lipinski definition) is 1. The Labute approximate surface area is 130 Å². The first-order valence-corrected chi connectivity index (χ1v) is 7.98. The largest absolute Gasteiger partial charge is 0.478 e. The minimum atomic E-state index is -0.896. The van der Waals surface area contributed by atoms with E-state index in [2.05, 4.69) is 23.7 Å². The molecule has 0 aromatic carbocycles. The van der Waals surface area contributed by atoms with Crippen LogP contribution in [0.2, 0.25) is 0 Å². The molecule has 1 aliphatic rings. The molecule has 0 amide bonds. The van der Waals surface area contributed by atoms with Crippen LogP contribution in [0.15, 0.2) is 24.5 Å². The SMILES string of the molecule is CC(C)N1CCC(Cc2ncc3ccc(C(=O)O)cn23)CC1. The van der Waals surface area contributed by atoms with Gasteiger partial charge in [0.25, 0.3) is 0 Å². The number of nitrogens with zero attached hydrogens (tertiary/aromatic N) is 3. The van der Waals surface area contributed by atoms with Gasteiger partial charge in [-0.2, -0.15) is 0 Å². The minimum Gasteiger partial charge on any atom is -0.478 e. The van der Waals surface area contributed by atoms with Crippen LogP contribution in [0.3, 0.4) is 0 Å². The fourth-order valence-electron chi connectivity index (χ4n) is 3.25. The minimum absolute atomic E-state index is 0.307. The second-order valence-electron chi connectivity index (χ2n) is 6.47. The molecule has 1 saturated heterocycles. The lowest BCUT2D eigenvalue weighted by Crippen LogP contribution is -2.38. The number of likely N-dealkylation sites (tertiary alicyclic amines) is 1. The van der Waals surface area contributed by atoms with Crippen LogP contribution in [0.1, 0.15) is 42.9 Å². The van der Waals surface area contributed by atoms with Crippen molar-refractivity contribution in [3.63, 3.8) is 0 Å². The topological polar surface area (TPSA) is 57.8 Å². The summed E-state index contributed by atoms with van der Waals surface area (Å²) < 4.78 is 1.93. The Morgan fingerprint density at radius 1 is 1.36 bits per heavy atom. The molecule has 0 unspecified atom stereocenters. The van der Waals surface area contributed by atoms with Crippen molar-refractivity contribution in [2.75, 3.05) is 13.1 Å². The molecule has 3 heterocycles. The van der Waals surface area contributed by atoms with Crippen LogP contribution in [0.5, 0.6) is 0 Å². The molecule has 2 aromatic heterocycles. The molecule has 2 aromatic rings. The second kappa shape index (κ2) is 6.08. The van der Waals surface area contributed by atoms with Crippen molar-refractivity contribution in [1.82, 2.24) is 14.3 Å². The van der Waals surface area contributed by atoms with Gasteiger partial charge in [-0.3, -0.25) is 0 Å². The number of imidazole rings is 1. The number of carboxylic acid groups (broad SMARTS) is 1. The molecule has 5 heteroatoms. The highest BCUT2D eigenvalue weighted by Crippen LogP contribution is 2.23. The maximum atomic E-state index is 11.1. The smallest absolute Gasteiger partial charge is 0.337 e. The number of fused-ring (bicyclic) bond motifs is 1. The summed E-state index contributed by atoms with van der Waals surface area (Å²) in [5.41, 5.74) is 1.26. The average Bonchev–Trinajstić information content (AvgIpc) is 2.90. The Morgan fingerprint density at radius 3 is 2.73 bits per heavy atom. The van der Waals surface area contributed by atoms with Crippen LogP contribution in [0.25, 0.3) is 5.52 Å². The molecular weight excluding hydrogens is 278 g/mol. The predicted molar refractivity (Wildman–Crippen MR) is 85.3 cm³/mol. The van der Waals surface area contributed by atoms with E-state index in [9.17, 15) is 4.79 Å². The zero-order valence-electron chi connectivity index (χ0n) is 13.2. The third kappa shape index (κ3) is 2.99. The van der Waals surface area contributed by atoms with Gasteiger partial charge in [0, 0.05) is 18.7 Å². The first-order chi connectivity index (χ1) is 10.5. The molecule has 0 saturated carbocycles. The normalized spacial score (nSPS) is 17.4. The van der Waals surface area contributed by atoms with Gasteiger partial charge in [0.1, 0.15) is 5.82 Å². The summed E-state index contributed by atoms with van der Waals surface area (Å²) in [6.07, 6.45) is 6.80. The quantitative estimate of drug-likeness (QED) is 0.943. The zero-order chi connectivity index (χ0) is 15.7. The van der Waals surface area contributed by atoms with E-state index in [0.29, 0.717) is 17.5 Å². The molecule has 118 valence electrons. The van der Waals surface area contributed by atoms with E-state index in [1.807, 2.05) is 16.7 Å². The molecule has 0 radical (unpaired) electrons. The van der Waals surface area contributed by atoms with Crippen molar-refractivity contribution in [2.24, 2.45) is 5.92 Å². The van der Waals surface area contributed by atoms with Crippen LogP contribution < -0.4 is 0 Å². The maximum Gasteiger partial charge on any atom is 0.337 e. The molecule has 22 heavy (non-hydrogen) atoms. The number of hydrogen-bond acceptors (Lipinski definition) is 3. The number of carboxylic acids is 1. The molecule has 1 fully saturated rings. The standard InChI is InChI=1S/C17H23N3O2/c1-12(2)19-7-5-13(6-8-19)9-16-18-10-15-4-3-14(17(21)22)11-20(15)16/h3-4,10-13H,5-9H2,1-2H3,(H,21,22). The molecule has 5 nitrogen and oxygen atoms in total. The lowest BCUT2D eigenvalue weighted by atomic mass is 9.92. The zero-order valence-corrected chi connectivity index (χ0v) is 13.2. The van der Waals surface area contributed by atoms with E-state index >= 15 is 0 Å². The number of aromatic carboxylic acids is 1. The van der Waals surface area contributed by atoms with E-state index in [4.69, 9.17) is 5.11 Å². The summed E-state index contributed by atoms with van der Waals surface area (Å²) in [6, 6.07) is 4.07. The molecular formula is C17H23N3O2. The van der Waals surface area contributed by atoms with E-state index in [0.717, 1.165) is 30.9 Å². The summed E-state index contributed by atoms with van der Waals surface area (Å²) in [5, 5.41) is 9.14. The van der Waals surface area contributed by atoms with Gasteiger partial charge in [0.05, 0.1) is 17.3 Å². The van der Waals surface area contributed by atoms with Gasteiger partial charge in [-0.15, -0.1) is 0 Å². The monoisotopic (exact) mass is 301 g/mol. The summed E-state index contributed by atoms with van der Waals surface area (Å²) in [4.78, 5) is 18.1. The molecule has 0 aliphatic carbocycles. The summed E-state index contributed by atoms with van der Waals surface area (Å²) in [6.45, 7) is 6.78. The Bertz CT molecular complexity index is 670. The lowest BCUT2D eigenvalue weighted by Gasteiger charge is -2.34. The number of aromatic nitrogens is 2. The number of pyridine rings is 1. The van der Waals surface area contributed by atoms with Crippen LogP contribution in [0.4, 0.5) is 0 Å². The summed E-state index contributed by atoms with van der Waals surface area (Å²) in [5.74, 6) is 0.710. The van der Waals surface area contributed by atoms with Crippen molar-refractivity contribution in [1.29, 1.82) is 0 Å². The van der Waals surface area contributed by atoms with Gasteiger partial charge >= 0.3 is 5.97 Å². The fraction of sp³-hybridized carbons (Fsp3) is 0.529. The van der Waals surface area contributed by atoms with Crippen LogP contribution >= 0.6 is 0 Å².